The number of halogens is 1. The van der Waals surface area contributed by atoms with E-state index in [9.17, 15) is 4.79 Å². The lowest BCUT2D eigenvalue weighted by Gasteiger charge is -2.24. The van der Waals surface area contributed by atoms with E-state index in [1.165, 1.54) is 5.56 Å². The fraction of sp³-hybridized carbons (Fsp3) is 0.520. The quantitative estimate of drug-likeness (QED) is 0.365. The van der Waals surface area contributed by atoms with Crippen LogP contribution in [0.1, 0.15) is 51.1 Å². The van der Waals surface area contributed by atoms with Gasteiger partial charge in [0.05, 0.1) is 17.8 Å². The van der Waals surface area contributed by atoms with Crippen molar-refractivity contribution in [2.75, 3.05) is 5.32 Å². The number of rotatable bonds is 5. The lowest BCUT2D eigenvalue weighted by molar-refractivity contribution is -0.163. The van der Waals surface area contributed by atoms with Crippen LogP contribution >= 0.6 is 22.6 Å². The first kappa shape index (κ1) is 21.2. The smallest absolute Gasteiger partial charge is 0.194 e. The van der Waals surface area contributed by atoms with Gasteiger partial charge in [-0.05, 0) is 45.1 Å². The molecule has 7 atom stereocenters. The van der Waals surface area contributed by atoms with E-state index in [4.69, 9.17) is 19.4 Å². The van der Waals surface area contributed by atoms with Crippen LogP contribution in [-0.2, 0) is 14.3 Å². The summed E-state index contributed by atoms with van der Waals surface area (Å²) in [6.45, 7) is 5.53. The lowest BCUT2D eigenvalue weighted by Crippen LogP contribution is -2.34. The summed E-state index contributed by atoms with van der Waals surface area (Å²) >= 11 is 2.17. The minimum Gasteiger partial charge on any atom is -0.365 e. The Hall–Kier alpha value is -2.11. The molecule has 3 aromatic rings. The molecule has 1 N–H and O–H groups in total. The molecule has 3 aliphatic carbocycles. The average molecular weight is 571 g/mol. The van der Waals surface area contributed by atoms with Crippen molar-refractivity contribution in [1.29, 1.82) is 0 Å². The van der Waals surface area contributed by atoms with Crippen molar-refractivity contribution in [3.05, 3.63) is 46.1 Å². The van der Waals surface area contributed by atoms with Crippen LogP contribution in [0.3, 0.4) is 0 Å². The molecule has 4 fully saturated rings. The molecule has 4 unspecified atom stereocenters. The van der Waals surface area contributed by atoms with Gasteiger partial charge in [-0.15, -0.1) is 0 Å². The highest BCUT2D eigenvalue weighted by molar-refractivity contribution is 14.1. The maximum Gasteiger partial charge on any atom is 0.194 e. The number of hydrogen-bond acceptors (Lipinski definition) is 7. The molecule has 4 aliphatic rings. The van der Waals surface area contributed by atoms with E-state index in [0.29, 0.717) is 15.8 Å². The molecule has 1 saturated heterocycles. The van der Waals surface area contributed by atoms with Gasteiger partial charge in [0.15, 0.2) is 26.6 Å². The number of nitrogens with one attached hydrogen (secondary N) is 1. The maximum absolute atomic E-state index is 12.7. The van der Waals surface area contributed by atoms with Crippen molar-refractivity contribution >= 4 is 45.4 Å². The van der Waals surface area contributed by atoms with Crippen molar-refractivity contribution in [2.45, 2.75) is 69.6 Å². The Morgan fingerprint density at radius 2 is 2.00 bits per heavy atom. The second kappa shape index (κ2) is 6.98. The topological polar surface area (TPSA) is 91.2 Å². The molecule has 7 rings (SSSR count). The van der Waals surface area contributed by atoms with Gasteiger partial charge >= 0.3 is 0 Å². The molecule has 0 amide bonds. The zero-order valence-electron chi connectivity index (χ0n) is 19.2. The van der Waals surface area contributed by atoms with Gasteiger partial charge in [-0.25, -0.2) is 15.0 Å². The Morgan fingerprint density at radius 1 is 1.21 bits per heavy atom. The minimum atomic E-state index is -0.714. The number of benzene rings is 1. The Morgan fingerprint density at radius 3 is 2.76 bits per heavy atom. The third kappa shape index (κ3) is 2.95. The summed E-state index contributed by atoms with van der Waals surface area (Å²) in [6.07, 6.45) is 3.30. The first-order valence-corrected chi connectivity index (χ1v) is 12.9. The summed E-state index contributed by atoms with van der Waals surface area (Å²) in [5.41, 5.74) is 2.42. The van der Waals surface area contributed by atoms with Gasteiger partial charge in [0.1, 0.15) is 18.0 Å². The predicted molar refractivity (Wildman–Crippen MR) is 133 cm³/mol. The Kier molecular flexibility index (Phi) is 4.35. The molecule has 34 heavy (non-hydrogen) atoms. The van der Waals surface area contributed by atoms with Crippen LogP contribution in [0, 0.1) is 15.2 Å². The molecule has 1 aromatic carbocycles. The highest BCUT2D eigenvalue weighted by atomic mass is 127. The van der Waals surface area contributed by atoms with E-state index in [2.05, 4.69) is 61.7 Å². The van der Waals surface area contributed by atoms with Gasteiger partial charge in [-0.2, -0.15) is 0 Å². The van der Waals surface area contributed by atoms with Crippen LogP contribution in [0.5, 0.6) is 0 Å². The van der Waals surface area contributed by atoms with Gasteiger partial charge in [0.2, 0.25) is 0 Å². The number of aromatic nitrogens is 4. The number of ether oxygens (including phenoxy) is 2. The molecular formula is C25H26IN5O3. The van der Waals surface area contributed by atoms with Crippen molar-refractivity contribution in [1.82, 2.24) is 19.5 Å². The van der Waals surface area contributed by atoms with Crippen LogP contribution in [0.2, 0.25) is 0 Å². The molecule has 2 aromatic heterocycles. The highest BCUT2D eigenvalue weighted by Crippen LogP contribution is 2.72. The number of anilines is 1. The molecule has 3 heterocycles. The molecule has 9 heteroatoms. The lowest BCUT2D eigenvalue weighted by atomic mass is 9.95. The standard InChI is InChI=1S/C25H26IN5O3/c1-12(32)25-10-15(25)18(19-20(25)34-24(2,3)33-19)31-11-27-17-21(29-23(26)30-22(17)31)28-16-9-14(16)13-7-5-4-6-8-13/h4-8,11,14-16,18-20H,9-10H2,1-3H3,(H,28,29,30)/t14?,15?,16?,18-,19+,20?,25-/m1/s1. The van der Waals surface area contributed by atoms with Gasteiger partial charge < -0.3 is 19.4 Å². The van der Waals surface area contributed by atoms with Crippen LogP contribution < -0.4 is 5.32 Å². The summed E-state index contributed by atoms with van der Waals surface area (Å²) in [4.78, 5) is 26.9. The van der Waals surface area contributed by atoms with Crippen LogP contribution in [0.15, 0.2) is 36.7 Å². The van der Waals surface area contributed by atoms with Crippen molar-refractivity contribution < 1.29 is 14.3 Å². The van der Waals surface area contributed by atoms with Crippen molar-refractivity contribution in [2.24, 2.45) is 11.3 Å². The third-order valence-corrected chi connectivity index (χ3v) is 8.64. The fourth-order valence-electron chi connectivity index (χ4n) is 6.49. The number of nitrogens with zero attached hydrogens (tertiary/aromatic N) is 4. The molecule has 1 aliphatic heterocycles. The number of fused-ring (bicyclic) bond motifs is 4. The minimum absolute atomic E-state index is 0.0442. The van der Waals surface area contributed by atoms with Crippen molar-refractivity contribution in [3.8, 4) is 0 Å². The van der Waals surface area contributed by atoms with E-state index in [1.54, 1.807) is 6.92 Å². The summed E-state index contributed by atoms with van der Waals surface area (Å²) in [5.74, 6) is 0.893. The second-order valence-electron chi connectivity index (χ2n) is 10.6. The average Bonchev–Trinajstić information content (AvgIpc) is 3.62. The summed E-state index contributed by atoms with van der Waals surface area (Å²) in [5, 5.41) is 3.62. The Bertz CT molecular complexity index is 1330. The number of hydrogen-bond donors (Lipinski definition) is 1. The molecular weight excluding hydrogens is 545 g/mol. The normalized spacial score (nSPS) is 36.8. The summed E-state index contributed by atoms with van der Waals surface area (Å²) in [7, 11) is 0. The molecule has 0 radical (unpaired) electrons. The van der Waals surface area contributed by atoms with Gasteiger partial charge in [0.25, 0.3) is 0 Å². The van der Waals surface area contributed by atoms with Crippen LogP contribution in [0.25, 0.3) is 11.2 Å². The van der Waals surface area contributed by atoms with Gasteiger partial charge in [-0.3, -0.25) is 4.79 Å². The third-order valence-electron chi connectivity index (χ3n) is 8.16. The first-order chi connectivity index (χ1) is 16.3. The number of ketones is 1. The fourth-order valence-corrected chi connectivity index (χ4v) is 6.96. The SMILES string of the molecule is CC(=O)[C@]12CC1[C@@H](n1cnc3c(NC4CC4c4ccccc4)nc(I)nc31)[C@@H]1OC(C)(C)OC12. The zero-order valence-corrected chi connectivity index (χ0v) is 21.4. The number of carbonyl (C=O) groups excluding carboxylic acids is 1. The van der Waals surface area contributed by atoms with Gasteiger partial charge in [0, 0.05) is 34.6 Å². The largest absolute Gasteiger partial charge is 0.365 e. The number of Topliss-reactive ketones (excluding diaryl/α,β-unsaturated/α-hetero) is 1. The molecule has 0 bridgehead atoms. The maximum atomic E-state index is 12.7. The van der Waals surface area contributed by atoms with E-state index in [0.717, 1.165) is 29.8 Å². The second-order valence-corrected chi connectivity index (χ2v) is 11.6. The summed E-state index contributed by atoms with van der Waals surface area (Å²) in [6, 6.07) is 10.9. The molecule has 0 spiro atoms. The van der Waals surface area contributed by atoms with Crippen LogP contribution in [0.4, 0.5) is 5.82 Å². The van der Waals surface area contributed by atoms with E-state index in [-0.39, 0.29) is 30.0 Å². The van der Waals surface area contributed by atoms with E-state index < -0.39 is 11.2 Å². The number of imidazole rings is 1. The van der Waals surface area contributed by atoms with E-state index >= 15 is 0 Å². The van der Waals surface area contributed by atoms with Gasteiger partial charge in [-0.1, -0.05) is 30.3 Å². The molecule has 8 nitrogen and oxygen atoms in total. The van der Waals surface area contributed by atoms with Crippen molar-refractivity contribution in [3.63, 3.8) is 0 Å². The van der Waals surface area contributed by atoms with E-state index in [1.807, 2.05) is 26.2 Å². The number of carbonyl (C=O) groups is 1. The Labute approximate surface area is 211 Å². The van der Waals surface area contributed by atoms with Crippen LogP contribution in [-0.4, -0.2) is 49.3 Å². The molecule has 176 valence electrons. The molecule has 3 saturated carbocycles. The predicted octanol–water partition coefficient (Wildman–Crippen LogP) is 4.07. The first-order valence-electron chi connectivity index (χ1n) is 11.9. The monoisotopic (exact) mass is 571 g/mol. The highest BCUT2D eigenvalue weighted by Gasteiger charge is 2.78. The Balaban J connectivity index is 1.24. The zero-order chi connectivity index (χ0) is 23.4. The summed E-state index contributed by atoms with van der Waals surface area (Å²) < 4.78 is 15.4.